The van der Waals surface area contributed by atoms with E-state index in [2.05, 4.69) is 26.9 Å². The Bertz CT molecular complexity index is 1020. The van der Waals surface area contributed by atoms with Crippen LogP contribution < -0.4 is 14.8 Å². The number of aryl methyl sites for hydroxylation is 1. The molecule has 9 heteroatoms. The molecule has 1 unspecified atom stereocenters. The van der Waals surface area contributed by atoms with Gasteiger partial charge in [0.2, 0.25) is 0 Å². The van der Waals surface area contributed by atoms with Crippen molar-refractivity contribution >= 4 is 44.0 Å². The van der Waals surface area contributed by atoms with Crippen molar-refractivity contribution < 1.29 is 13.3 Å². The van der Waals surface area contributed by atoms with E-state index in [1.54, 1.807) is 6.07 Å². The fraction of sp³-hybridized carbons (Fsp3) is 0.400. The van der Waals surface area contributed by atoms with Crippen LogP contribution in [-0.2, 0) is 11.0 Å². The van der Waals surface area contributed by atoms with E-state index in [0.29, 0.717) is 23.8 Å². The largest absolute Gasteiger partial charge is 0.489 e. The summed E-state index contributed by atoms with van der Waals surface area (Å²) in [5.74, 6) is 0.604. The molecule has 2 heterocycles. The molecular weight excluding hydrogens is 411 g/mol. The lowest BCUT2D eigenvalue weighted by Crippen LogP contribution is -2.18. The number of fused-ring (bicyclic) bond motifs is 1. The molecule has 0 amide bonds. The van der Waals surface area contributed by atoms with Gasteiger partial charge in [-0.1, -0.05) is 13.3 Å². The molecule has 29 heavy (non-hydrogen) atoms. The molecular formula is C20H25FN4O2S2. The standard InChI is InChI=1S/C20H25FN4O2S2/c1-5-6-9-24-29(26)20-13(4)17-18(22-11-23-19(17)28-20)25-15-8-7-14(21)10-16(15)27-12(2)3/h7-8,10-12,24H,5-6,9H2,1-4H3,(H,22,23,25). The summed E-state index contributed by atoms with van der Waals surface area (Å²) in [6, 6.07) is 4.33. The minimum atomic E-state index is -1.30. The van der Waals surface area contributed by atoms with Crippen molar-refractivity contribution in [1.29, 1.82) is 0 Å². The van der Waals surface area contributed by atoms with Crippen LogP contribution in [0.1, 0.15) is 39.2 Å². The van der Waals surface area contributed by atoms with Gasteiger partial charge in [0.15, 0.2) is 0 Å². The van der Waals surface area contributed by atoms with Crippen molar-refractivity contribution in [1.82, 2.24) is 14.7 Å². The summed E-state index contributed by atoms with van der Waals surface area (Å²) in [5, 5.41) is 4.04. The van der Waals surface area contributed by atoms with Gasteiger partial charge < -0.3 is 10.1 Å². The first kappa shape index (κ1) is 21.6. The van der Waals surface area contributed by atoms with E-state index >= 15 is 0 Å². The molecule has 2 N–H and O–H groups in total. The van der Waals surface area contributed by atoms with Gasteiger partial charge in [0.05, 0.1) is 17.2 Å². The Kier molecular flexibility index (Phi) is 7.15. The smallest absolute Gasteiger partial charge is 0.146 e. The van der Waals surface area contributed by atoms with Gasteiger partial charge >= 0.3 is 0 Å². The molecule has 0 aliphatic rings. The fourth-order valence-corrected chi connectivity index (χ4v) is 5.25. The lowest BCUT2D eigenvalue weighted by molar-refractivity contribution is 0.243. The number of hydrogen-bond acceptors (Lipinski definition) is 6. The summed E-state index contributed by atoms with van der Waals surface area (Å²) in [6.07, 6.45) is 3.36. The summed E-state index contributed by atoms with van der Waals surface area (Å²) < 4.78 is 35.9. The zero-order chi connectivity index (χ0) is 21.0. The van der Waals surface area contributed by atoms with Crippen LogP contribution in [0.5, 0.6) is 5.75 Å². The van der Waals surface area contributed by atoms with Crippen LogP contribution in [0.3, 0.4) is 0 Å². The maximum absolute atomic E-state index is 13.7. The van der Waals surface area contributed by atoms with E-state index in [-0.39, 0.29) is 11.9 Å². The predicted molar refractivity (Wildman–Crippen MR) is 117 cm³/mol. The van der Waals surface area contributed by atoms with E-state index in [9.17, 15) is 8.60 Å². The van der Waals surface area contributed by atoms with E-state index < -0.39 is 11.0 Å². The number of aromatic nitrogens is 2. The van der Waals surface area contributed by atoms with Crippen molar-refractivity contribution in [2.75, 3.05) is 11.9 Å². The molecule has 0 aliphatic heterocycles. The topological polar surface area (TPSA) is 76.1 Å². The zero-order valence-corrected chi connectivity index (χ0v) is 18.5. The Hall–Kier alpha value is -2.10. The molecule has 0 aliphatic carbocycles. The van der Waals surface area contributed by atoms with Crippen LogP contribution in [0.4, 0.5) is 15.9 Å². The first-order chi connectivity index (χ1) is 13.9. The van der Waals surface area contributed by atoms with Gasteiger partial charge in [-0.15, -0.1) is 11.3 Å². The summed E-state index contributed by atoms with van der Waals surface area (Å²) >= 11 is 1.39. The number of hydrogen-bond donors (Lipinski definition) is 2. The number of thiophene rings is 1. The highest BCUT2D eigenvalue weighted by Gasteiger charge is 2.19. The second-order valence-electron chi connectivity index (χ2n) is 6.87. The Balaban J connectivity index is 1.96. The molecule has 2 aromatic heterocycles. The molecule has 0 spiro atoms. The molecule has 3 rings (SSSR count). The lowest BCUT2D eigenvalue weighted by atomic mass is 10.2. The number of rotatable bonds is 9. The molecule has 6 nitrogen and oxygen atoms in total. The van der Waals surface area contributed by atoms with Crippen LogP contribution >= 0.6 is 11.3 Å². The van der Waals surface area contributed by atoms with E-state index in [1.807, 2.05) is 20.8 Å². The fourth-order valence-electron chi connectivity index (χ4n) is 2.81. The zero-order valence-electron chi connectivity index (χ0n) is 16.9. The molecule has 156 valence electrons. The quantitative estimate of drug-likeness (QED) is 0.457. The van der Waals surface area contributed by atoms with E-state index in [0.717, 1.165) is 32.8 Å². The molecule has 0 saturated carbocycles. The Morgan fingerprint density at radius 2 is 2.10 bits per heavy atom. The third kappa shape index (κ3) is 5.09. The highest BCUT2D eigenvalue weighted by atomic mass is 32.2. The van der Waals surface area contributed by atoms with Gasteiger partial charge in [-0.2, -0.15) is 0 Å². The third-order valence-electron chi connectivity index (χ3n) is 4.17. The Labute approximate surface area is 176 Å². The predicted octanol–water partition coefficient (Wildman–Crippen LogP) is 5.08. The van der Waals surface area contributed by atoms with Crippen molar-refractivity contribution in [3.8, 4) is 5.75 Å². The van der Waals surface area contributed by atoms with Crippen LogP contribution in [0.25, 0.3) is 10.2 Å². The number of nitrogens with zero attached hydrogens (tertiary/aromatic N) is 2. The van der Waals surface area contributed by atoms with Gasteiger partial charge in [-0.05, 0) is 44.9 Å². The SMILES string of the molecule is CCCCNS(=O)c1sc2ncnc(Nc3ccc(F)cc3OC(C)C)c2c1C. The van der Waals surface area contributed by atoms with Crippen molar-refractivity contribution in [2.24, 2.45) is 0 Å². The normalized spacial score (nSPS) is 12.5. The third-order valence-corrected chi connectivity index (χ3v) is 6.98. The van der Waals surface area contributed by atoms with Crippen LogP contribution in [-0.4, -0.2) is 26.8 Å². The maximum Gasteiger partial charge on any atom is 0.146 e. The molecule has 0 radical (unpaired) electrons. The second-order valence-corrected chi connectivity index (χ2v) is 9.36. The molecule has 1 aromatic carbocycles. The van der Waals surface area contributed by atoms with Crippen molar-refractivity contribution in [3.63, 3.8) is 0 Å². The number of unbranched alkanes of at least 4 members (excludes halogenated alkanes) is 1. The Morgan fingerprint density at radius 1 is 1.31 bits per heavy atom. The molecule has 0 saturated heterocycles. The van der Waals surface area contributed by atoms with Crippen molar-refractivity contribution in [2.45, 2.75) is 50.8 Å². The molecule has 1 atom stereocenters. The van der Waals surface area contributed by atoms with Gasteiger partial charge in [0.25, 0.3) is 0 Å². The average molecular weight is 437 g/mol. The van der Waals surface area contributed by atoms with Crippen molar-refractivity contribution in [3.05, 3.63) is 35.9 Å². The number of benzene rings is 1. The number of ether oxygens (including phenoxy) is 1. The van der Waals surface area contributed by atoms with E-state index in [1.165, 1.54) is 29.8 Å². The first-order valence-electron chi connectivity index (χ1n) is 9.53. The van der Waals surface area contributed by atoms with Gasteiger partial charge in [-0.25, -0.2) is 23.3 Å². The molecule has 0 fully saturated rings. The highest BCUT2D eigenvalue weighted by Crippen LogP contribution is 2.37. The monoisotopic (exact) mass is 436 g/mol. The van der Waals surface area contributed by atoms with Gasteiger partial charge in [0.1, 0.15) is 43.7 Å². The average Bonchev–Trinajstić information content (AvgIpc) is 3.01. The minimum Gasteiger partial charge on any atom is -0.489 e. The molecule has 0 bridgehead atoms. The molecule has 3 aromatic rings. The maximum atomic E-state index is 13.7. The van der Waals surface area contributed by atoms with Gasteiger partial charge in [-0.3, -0.25) is 0 Å². The van der Waals surface area contributed by atoms with Crippen LogP contribution in [0.2, 0.25) is 0 Å². The first-order valence-corrected chi connectivity index (χ1v) is 11.5. The summed E-state index contributed by atoms with van der Waals surface area (Å²) in [4.78, 5) is 9.46. The highest BCUT2D eigenvalue weighted by molar-refractivity contribution is 7.85. The lowest BCUT2D eigenvalue weighted by Gasteiger charge is -2.15. The van der Waals surface area contributed by atoms with Crippen LogP contribution in [0, 0.1) is 12.7 Å². The minimum absolute atomic E-state index is 0.103. The Morgan fingerprint density at radius 3 is 2.83 bits per heavy atom. The van der Waals surface area contributed by atoms with Crippen LogP contribution in [0.15, 0.2) is 28.7 Å². The second kappa shape index (κ2) is 9.60. The number of nitrogens with one attached hydrogen (secondary N) is 2. The summed E-state index contributed by atoms with van der Waals surface area (Å²) in [7, 11) is -1.30. The number of anilines is 2. The summed E-state index contributed by atoms with van der Waals surface area (Å²) in [6.45, 7) is 8.47. The number of halogens is 1. The summed E-state index contributed by atoms with van der Waals surface area (Å²) in [5.41, 5.74) is 1.47. The van der Waals surface area contributed by atoms with E-state index in [4.69, 9.17) is 4.74 Å². The van der Waals surface area contributed by atoms with Gasteiger partial charge in [0, 0.05) is 12.6 Å².